The van der Waals surface area contributed by atoms with Crippen molar-refractivity contribution in [1.82, 2.24) is 9.78 Å². The van der Waals surface area contributed by atoms with Crippen LogP contribution in [0.2, 0.25) is 0 Å². The molecule has 1 heterocycles. The Hall–Kier alpha value is -3.12. The van der Waals surface area contributed by atoms with Crippen LogP contribution in [0.3, 0.4) is 0 Å². The number of nitrogens with zero attached hydrogens (tertiary/aromatic N) is 4. The predicted molar refractivity (Wildman–Crippen MR) is 71.9 cm³/mol. The molecule has 6 heteroatoms. The lowest BCUT2D eigenvalue weighted by Gasteiger charge is -2.08. The number of aryl methyl sites for hydroxylation is 1. The third-order valence-electron chi connectivity index (χ3n) is 2.67. The number of anilines is 1. The topological polar surface area (TPSA) is 94.5 Å². The van der Waals surface area contributed by atoms with Gasteiger partial charge in [-0.15, -0.1) is 0 Å². The first-order valence-corrected chi connectivity index (χ1v) is 5.87. The molecule has 0 aliphatic rings. The van der Waals surface area contributed by atoms with E-state index in [1.165, 1.54) is 10.9 Å². The molecule has 1 amide bonds. The highest BCUT2D eigenvalue weighted by Crippen LogP contribution is 2.20. The van der Waals surface area contributed by atoms with Crippen molar-refractivity contribution in [3.05, 3.63) is 41.6 Å². The van der Waals surface area contributed by atoms with Gasteiger partial charge in [0.2, 0.25) is 5.91 Å². The van der Waals surface area contributed by atoms with E-state index in [9.17, 15) is 4.79 Å². The largest absolute Gasteiger partial charge is 0.309 e. The summed E-state index contributed by atoms with van der Waals surface area (Å²) in [7, 11) is 0. The van der Waals surface area contributed by atoms with Crippen molar-refractivity contribution < 1.29 is 4.79 Å². The van der Waals surface area contributed by atoms with Crippen molar-refractivity contribution in [2.75, 3.05) is 5.32 Å². The van der Waals surface area contributed by atoms with Gasteiger partial charge < -0.3 is 5.32 Å². The van der Waals surface area contributed by atoms with Crippen LogP contribution < -0.4 is 5.32 Å². The van der Waals surface area contributed by atoms with Gasteiger partial charge in [0.15, 0.2) is 5.82 Å². The Labute approximate surface area is 115 Å². The summed E-state index contributed by atoms with van der Waals surface area (Å²) in [6, 6.07) is 11.2. The molecule has 0 atom stereocenters. The summed E-state index contributed by atoms with van der Waals surface area (Å²) in [6.07, 6.45) is 1.10. The fourth-order valence-electron chi connectivity index (χ4n) is 1.68. The third kappa shape index (κ3) is 2.65. The maximum Gasteiger partial charge on any atom is 0.239 e. The van der Waals surface area contributed by atoms with Gasteiger partial charge in [-0.1, -0.05) is 17.7 Å². The van der Waals surface area contributed by atoms with Crippen LogP contribution in [0.25, 0.3) is 5.69 Å². The fourth-order valence-corrected chi connectivity index (χ4v) is 1.68. The highest BCUT2D eigenvalue weighted by molar-refractivity contribution is 5.92. The van der Waals surface area contributed by atoms with Crippen LogP contribution in [0.4, 0.5) is 5.82 Å². The van der Waals surface area contributed by atoms with Crippen molar-refractivity contribution in [2.45, 2.75) is 13.3 Å². The number of rotatable bonds is 3. The standard InChI is InChI=1S/C14H11N5O/c1-10-2-4-12(5-3-10)19-14(11(8-16)9-17-19)18-13(20)6-7-15/h2-5,9H,6H2,1H3,(H,18,20). The normalized spacial score (nSPS) is 9.55. The Balaban J connectivity index is 2.42. The molecule has 6 nitrogen and oxygen atoms in total. The maximum atomic E-state index is 11.5. The lowest BCUT2D eigenvalue weighted by atomic mass is 10.2. The van der Waals surface area contributed by atoms with Crippen LogP contribution in [0.1, 0.15) is 17.5 Å². The summed E-state index contributed by atoms with van der Waals surface area (Å²) >= 11 is 0. The smallest absolute Gasteiger partial charge is 0.239 e. The summed E-state index contributed by atoms with van der Waals surface area (Å²) < 4.78 is 1.47. The van der Waals surface area contributed by atoms with E-state index in [2.05, 4.69) is 10.4 Å². The lowest BCUT2D eigenvalue weighted by molar-refractivity contribution is -0.115. The minimum atomic E-state index is -0.474. The number of aromatic nitrogens is 2. The molecule has 1 N–H and O–H groups in total. The molecule has 0 spiro atoms. The molecule has 0 saturated heterocycles. The fraction of sp³-hybridized carbons (Fsp3) is 0.143. The van der Waals surface area contributed by atoms with Crippen LogP contribution in [-0.4, -0.2) is 15.7 Å². The zero-order valence-electron chi connectivity index (χ0n) is 10.8. The molecule has 0 bridgehead atoms. The molecule has 0 unspecified atom stereocenters. The van der Waals surface area contributed by atoms with E-state index in [1.807, 2.05) is 37.3 Å². The van der Waals surface area contributed by atoms with Crippen LogP contribution in [-0.2, 0) is 4.79 Å². The van der Waals surface area contributed by atoms with E-state index in [1.54, 1.807) is 6.07 Å². The van der Waals surface area contributed by atoms with Crippen LogP contribution in [0, 0.1) is 29.6 Å². The van der Waals surface area contributed by atoms with Gasteiger partial charge in [-0.25, -0.2) is 4.68 Å². The molecule has 20 heavy (non-hydrogen) atoms. The number of hydrogen-bond acceptors (Lipinski definition) is 4. The molecule has 2 aromatic rings. The SMILES string of the molecule is Cc1ccc(-n2ncc(C#N)c2NC(=O)CC#N)cc1. The maximum absolute atomic E-state index is 11.5. The minimum Gasteiger partial charge on any atom is -0.309 e. The van der Waals surface area contributed by atoms with E-state index in [-0.39, 0.29) is 17.8 Å². The van der Waals surface area contributed by atoms with Crippen molar-refractivity contribution in [3.8, 4) is 17.8 Å². The number of carbonyl (C=O) groups is 1. The van der Waals surface area contributed by atoms with Gasteiger partial charge >= 0.3 is 0 Å². The highest BCUT2D eigenvalue weighted by Gasteiger charge is 2.14. The van der Waals surface area contributed by atoms with E-state index >= 15 is 0 Å². The average molecular weight is 265 g/mol. The molecular formula is C14H11N5O. The average Bonchev–Trinajstić information content (AvgIpc) is 2.82. The van der Waals surface area contributed by atoms with Crippen LogP contribution >= 0.6 is 0 Å². The Morgan fingerprint density at radius 3 is 2.65 bits per heavy atom. The zero-order chi connectivity index (χ0) is 14.5. The van der Waals surface area contributed by atoms with Crippen molar-refractivity contribution in [1.29, 1.82) is 10.5 Å². The van der Waals surface area contributed by atoms with Crippen LogP contribution in [0.15, 0.2) is 30.5 Å². The Morgan fingerprint density at radius 2 is 2.05 bits per heavy atom. The quantitative estimate of drug-likeness (QED) is 0.916. The number of benzene rings is 1. The van der Waals surface area contributed by atoms with E-state index in [0.717, 1.165) is 11.3 Å². The summed E-state index contributed by atoms with van der Waals surface area (Å²) in [5.74, 6) is -0.200. The molecule has 0 aliphatic carbocycles. The second kappa shape index (κ2) is 5.68. The Kier molecular flexibility index (Phi) is 3.78. The summed E-state index contributed by atoms with van der Waals surface area (Å²) in [5.41, 5.74) is 2.07. The first kappa shape index (κ1) is 13.3. The summed E-state index contributed by atoms with van der Waals surface area (Å²) in [4.78, 5) is 11.5. The Morgan fingerprint density at radius 1 is 1.35 bits per heavy atom. The molecular weight excluding hydrogens is 254 g/mol. The van der Waals surface area contributed by atoms with Gasteiger partial charge in [0, 0.05) is 0 Å². The van der Waals surface area contributed by atoms with Crippen molar-refractivity contribution >= 4 is 11.7 Å². The predicted octanol–water partition coefficient (Wildman–Crippen LogP) is 1.90. The van der Waals surface area contributed by atoms with Gasteiger partial charge in [0.25, 0.3) is 0 Å². The van der Waals surface area contributed by atoms with E-state index in [4.69, 9.17) is 10.5 Å². The van der Waals surface area contributed by atoms with E-state index < -0.39 is 5.91 Å². The second-order valence-electron chi connectivity index (χ2n) is 4.15. The molecule has 0 aliphatic heterocycles. The molecule has 1 aromatic heterocycles. The van der Waals surface area contributed by atoms with Gasteiger partial charge in [-0.05, 0) is 19.1 Å². The number of nitrogens with one attached hydrogen (secondary N) is 1. The van der Waals surface area contributed by atoms with E-state index in [0.29, 0.717) is 0 Å². The van der Waals surface area contributed by atoms with Gasteiger partial charge in [-0.2, -0.15) is 15.6 Å². The first-order valence-electron chi connectivity index (χ1n) is 5.87. The number of hydrogen-bond donors (Lipinski definition) is 1. The summed E-state index contributed by atoms with van der Waals surface area (Å²) in [5, 5.41) is 24.2. The summed E-state index contributed by atoms with van der Waals surface area (Å²) in [6.45, 7) is 1.96. The molecule has 98 valence electrons. The number of nitriles is 2. The monoisotopic (exact) mass is 265 g/mol. The molecule has 0 fully saturated rings. The second-order valence-corrected chi connectivity index (χ2v) is 4.15. The highest BCUT2D eigenvalue weighted by atomic mass is 16.1. The molecule has 1 aromatic carbocycles. The number of amides is 1. The minimum absolute atomic E-state index is 0.247. The van der Waals surface area contributed by atoms with Crippen molar-refractivity contribution in [3.63, 3.8) is 0 Å². The van der Waals surface area contributed by atoms with Crippen LogP contribution in [0.5, 0.6) is 0 Å². The first-order chi connectivity index (χ1) is 9.65. The molecule has 0 radical (unpaired) electrons. The third-order valence-corrected chi connectivity index (χ3v) is 2.67. The zero-order valence-corrected chi connectivity index (χ0v) is 10.8. The number of carbonyl (C=O) groups excluding carboxylic acids is 1. The van der Waals surface area contributed by atoms with Gasteiger partial charge in [-0.3, -0.25) is 4.79 Å². The molecule has 2 rings (SSSR count). The Bertz CT molecular complexity index is 716. The van der Waals surface area contributed by atoms with Crippen molar-refractivity contribution in [2.24, 2.45) is 0 Å². The van der Waals surface area contributed by atoms with Gasteiger partial charge in [0.05, 0.1) is 18.0 Å². The van der Waals surface area contributed by atoms with Gasteiger partial charge in [0.1, 0.15) is 18.1 Å². The lowest BCUT2D eigenvalue weighted by Crippen LogP contribution is -2.14. The molecule has 0 saturated carbocycles.